The fourth-order valence-electron chi connectivity index (χ4n) is 1.51. The molecule has 1 rings (SSSR count). The number of carbonyl (C=O) groups excluding carboxylic acids is 2. The maximum absolute atomic E-state index is 13.4. The van der Waals surface area contributed by atoms with Crippen LogP contribution in [0.1, 0.15) is 19.3 Å². The lowest BCUT2D eigenvalue weighted by Gasteiger charge is -2.17. The Morgan fingerprint density at radius 3 is 2.56 bits per heavy atom. The molecule has 1 aromatic carbocycles. The molecule has 18 heavy (non-hydrogen) atoms. The molecule has 4 nitrogen and oxygen atoms in total. The van der Waals surface area contributed by atoms with Gasteiger partial charge in [0, 0.05) is 19.9 Å². The fourth-order valence-corrected chi connectivity index (χ4v) is 1.51. The average molecular weight is 253 g/mol. The highest BCUT2D eigenvalue weighted by atomic mass is 19.1. The zero-order valence-corrected chi connectivity index (χ0v) is 10.5. The molecule has 0 saturated heterocycles. The second-order valence-electron chi connectivity index (χ2n) is 3.83. The first-order chi connectivity index (χ1) is 8.56. The van der Waals surface area contributed by atoms with Gasteiger partial charge in [-0.05, 0) is 18.6 Å². The maximum atomic E-state index is 13.4. The summed E-state index contributed by atoms with van der Waals surface area (Å²) >= 11 is 0. The van der Waals surface area contributed by atoms with Gasteiger partial charge in [-0.3, -0.25) is 9.59 Å². The molecule has 98 valence electrons. The summed E-state index contributed by atoms with van der Waals surface area (Å²) in [6, 6.07) is 6.06. The molecular formula is C13H16FNO3. The standard InChI is InChI=1S/C13H16FNO3/c1-15(11-7-4-3-6-10(11)14)12(16)8-5-9-13(17)18-2/h3-4,6-7H,5,8-9H2,1-2H3. The minimum atomic E-state index is -0.443. The first-order valence-corrected chi connectivity index (χ1v) is 5.64. The summed E-state index contributed by atoms with van der Waals surface area (Å²) in [5, 5.41) is 0. The number of anilines is 1. The maximum Gasteiger partial charge on any atom is 0.305 e. The first-order valence-electron chi connectivity index (χ1n) is 5.64. The highest BCUT2D eigenvalue weighted by Gasteiger charge is 2.14. The number of hydrogen-bond donors (Lipinski definition) is 0. The Kier molecular flexibility index (Phi) is 5.30. The van der Waals surface area contributed by atoms with Crippen molar-refractivity contribution < 1.29 is 18.7 Å². The van der Waals surface area contributed by atoms with Crippen LogP contribution >= 0.6 is 0 Å². The Morgan fingerprint density at radius 1 is 1.28 bits per heavy atom. The van der Waals surface area contributed by atoms with Gasteiger partial charge < -0.3 is 9.64 Å². The number of amides is 1. The number of rotatable bonds is 5. The van der Waals surface area contributed by atoms with E-state index in [1.165, 1.54) is 31.2 Å². The van der Waals surface area contributed by atoms with E-state index in [2.05, 4.69) is 4.74 Å². The van der Waals surface area contributed by atoms with Gasteiger partial charge in [-0.2, -0.15) is 0 Å². The van der Waals surface area contributed by atoms with E-state index < -0.39 is 5.82 Å². The van der Waals surface area contributed by atoms with Gasteiger partial charge in [0.15, 0.2) is 0 Å². The number of benzene rings is 1. The lowest BCUT2D eigenvalue weighted by molar-refractivity contribution is -0.140. The Labute approximate surface area is 105 Å². The molecule has 1 amide bonds. The van der Waals surface area contributed by atoms with Crippen molar-refractivity contribution in [3.8, 4) is 0 Å². The van der Waals surface area contributed by atoms with Crippen LogP contribution in [0, 0.1) is 5.82 Å². The number of hydrogen-bond acceptors (Lipinski definition) is 3. The van der Waals surface area contributed by atoms with E-state index >= 15 is 0 Å². The van der Waals surface area contributed by atoms with Gasteiger partial charge in [-0.1, -0.05) is 12.1 Å². The van der Waals surface area contributed by atoms with Crippen molar-refractivity contribution >= 4 is 17.6 Å². The van der Waals surface area contributed by atoms with E-state index in [0.717, 1.165) is 0 Å². The van der Waals surface area contributed by atoms with Crippen LogP contribution in [0.25, 0.3) is 0 Å². The molecule has 0 aliphatic heterocycles. The van der Waals surface area contributed by atoms with E-state index in [1.54, 1.807) is 12.1 Å². The average Bonchev–Trinajstić information content (AvgIpc) is 2.38. The molecule has 0 radical (unpaired) electrons. The third-order valence-corrected chi connectivity index (χ3v) is 2.59. The Balaban J connectivity index is 2.52. The Morgan fingerprint density at radius 2 is 1.94 bits per heavy atom. The van der Waals surface area contributed by atoms with E-state index in [1.807, 2.05) is 0 Å². The van der Waals surface area contributed by atoms with Crippen molar-refractivity contribution in [2.24, 2.45) is 0 Å². The lowest BCUT2D eigenvalue weighted by Crippen LogP contribution is -2.26. The zero-order valence-electron chi connectivity index (χ0n) is 10.5. The number of ether oxygens (including phenoxy) is 1. The van der Waals surface area contributed by atoms with Crippen LogP contribution in [0.15, 0.2) is 24.3 Å². The van der Waals surface area contributed by atoms with Crippen LogP contribution < -0.4 is 4.90 Å². The third kappa shape index (κ3) is 3.84. The smallest absolute Gasteiger partial charge is 0.305 e. The monoisotopic (exact) mass is 253 g/mol. The number of esters is 1. The van der Waals surface area contributed by atoms with Gasteiger partial charge in [0.05, 0.1) is 12.8 Å². The summed E-state index contributed by atoms with van der Waals surface area (Å²) in [7, 11) is 2.81. The van der Waals surface area contributed by atoms with Crippen LogP contribution in [0.5, 0.6) is 0 Å². The van der Waals surface area contributed by atoms with Gasteiger partial charge in [-0.25, -0.2) is 4.39 Å². The van der Waals surface area contributed by atoms with Crippen molar-refractivity contribution in [2.75, 3.05) is 19.1 Å². The lowest BCUT2D eigenvalue weighted by atomic mass is 10.2. The van der Waals surface area contributed by atoms with E-state index in [9.17, 15) is 14.0 Å². The predicted molar refractivity (Wildman–Crippen MR) is 65.7 cm³/mol. The van der Waals surface area contributed by atoms with Crippen LogP contribution in [-0.4, -0.2) is 26.0 Å². The second-order valence-corrected chi connectivity index (χ2v) is 3.83. The highest BCUT2D eigenvalue weighted by Crippen LogP contribution is 2.18. The molecule has 0 fully saturated rings. The molecule has 0 spiro atoms. The minimum Gasteiger partial charge on any atom is -0.469 e. The molecule has 0 unspecified atom stereocenters. The van der Waals surface area contributed by atoms with Crippen molar-refractivity contribution in [2.45, 2.75) is 19.3 Å². The van der Waals surface area contributed by atoms with Crippen molar-refractivity contribution in [1.29, 1.82) is 0 Å². The summed E-state index contributed by atoms with van der Waals surface area (Å²) in [6.07, 6.45) is 0.761. The number of nitrogens with zero attached hydrogens (tertiary/aromatic N) is 1. The molecule has 0 atom stereocenters. The molecule has 0 saturated carbocycles. The summed E-state index contributed by atoms with van der Waals surface area (Å²) in [5.74, 6) is -1.03. The second kappa shape index (κ2) is 6.74. The van der Waals surface area contributed by atoms with Crippen molar-refractivity contribution in [1.82, 2.24) is 0 Å². The molecule has 0 N–H and O–H groups in total. The number of carbonyl (C=O) groups is 2. The molecule has 0 aromatic heterocycles. The molecule has 0 heterocycles. The van der Waals surface area contributed by atoms with Crippen LogP contribution in [0.4, 0.5) is 10.1 Å². The minimum absolute atomic E-state index is 0.180. The SMILES string of the molecule is COC(=O)CCCC(=O)N(C)c1ccccc1F. The van der Waals surface area contributed by atoms with Crippen LogP contribution in [0.3, 0.4) is 0 Å². The van der Waals surface area contributed by atoms with E-state index in [0.29, 0.717) is 6.42 Å². The quantitative estimate of drug-likeness (QED) is 0.755. The van der Waals surface area contributed by atoms with Crippen LogP contribution in [0.2, 0.25) is 0 Å². The highest BCUT2D eigenvalue weighted by molar-refractivity contribution is 5.93. The van der Waals surface area contributed by atoms with E-state index in [4.69, 9.17) is 0 Å². The van der Waals surface area contributed by atoms with E-state index in [-0.39, 0.29) is 30.4 Å². The number of para-hydroxylation sites is 1. The van der Waals surface area contributed by atoms with Gasteiger partial charge in [-0.15, -0.1) is 0 Å². The molecule has 0 aliphatic rings. The van der Waals surface area contributed by atoms with Crippen molar-refractivity contribution in [3.05, 3.63) is 30.1 Å². The van der Waals surface area contributed by atoms with Gasteiger partial charge in [0.25, 0.3) is 0 Å². The first kappa shape index (κ1) is 14.2. The van der Waals surface area contributed by atoms with Crippen molar-refractivity contribution in [3.63, 3.8) is 0 Å². The summed E-state index contributed by atoms with van der Waals surface area (Å²) < 4.78 is 17.9. The molecule has 5 heteroatoms. The molecule has 1 aromatic rings. The van der Waals surface area contributed by atoms with Gasteiger partial charge in [0.2, 0.25) is 5.91 Å². The summed E-state index contributed by atoms with van der Waals surface area (Å²) in [4.78, 5) is 23.9. The largest absolute Gasteiger partial charge is 0.469 e. The Hall–Kier alpha value is -1.91. The van der Waals surface area contributed by atoms with Gasteiger partial charge >= 0.3 is 5.97 Å². The summed E-state index contributed by atoms with van der Waals surface area (Å²) in [6.45, 7) is 0. The predicted octanol–water partition coefficient (Wildman–Crippen LogP) is 2.13. The molecule has 0 bridgehead atoms. The summed E-state index contributed by atoms with van der Waals surface area (Å²) in [5.41, 5.74) is 0.237. The Bertz CT molecular complexity index is 434. The van der Waals surface area contributed by atoms with Crippen LogP contribution in [-0.2, 0) is 14.3 Å². The third-order valence-electron chi connectivity index (χ3n) is 2.59. The molecular weight excluding hydrogens is 237 g/mol. The normalized spacial score (nSPS) is 9.94. The molecule has 0 aliphatic carbocycles. The zero-order chi connectivity index (χ0) is 13.5. The topological polar surface area (TPSA) is 46.6 Å². The number of methoxy groups -OCH3 is 1. The fraction of sp³-hybridized carbons (Fsp3) is 0.385. The van der Waals surface area contributed by atoms with Gasteiger partial charge in [0.1, 0.15) is 5.82 Å². The number of halogens is 1.